The van der Waals surface area contributed by atoms with Crippen molar-refractivity contribution < 1.29 is 9.21 Å². The maximum Gasteiger partial charge on any atom is 0.277 e. The van der Waals surface area contributed by atoms with E-state index in [9.17, 15) is 4.79 Å². The van der Waals surface area contributed by atoms with Gasteiger partial charge in [0.2, 0.25) is 11.8 Å². The van der Waals surface area contributed by atoms with Crippen molar-refractivity contribution in [2.75, 3.05) is 5.75 Å². The van der Waals surface area contributed by atoms with Gasteiger partial charge in [-0.25, -0.2) is 0 Å². The van der Waals surface area contributed by atoms with Gasteiger partial charge in [-0.05, 0) is 36.1 Å². The molecule has 0 saturated heterocycles. The van der Waals surface area contributed by atoms with Gasteiger partial charge in [-0.15, -0.1) is 10.2 Å². The fourth-order valence-corrected chi connectivity index (χ4v) is 3.47. The van der Waals surface area contributed by atoms with Crippen LogP contribution in [0.2, 0.25) is 0 Å². The number of amides is 1. The topological polar surface area (TPSA) is 68.0 Å². The summed E-state index contributed by atoms with van der Waals surface area (Å²) in [5.74, 6) is 1.35. The number of carbonyl (C=O) groups is 1. The zero-order valence-corrected chi connectivity index (χ0v) is 14.8. The van der Waals surface area contributed by atoms with Crippen LogP contribution < -0.4 is 5.32 Å². The van der Waals surface area contributed by atoms with Crippen LogP contribution >= 0.6 is 11.8 Å². The molecule has 3 aromatic rings. The van der Waals surface area contributed by atoms with E-state index in [1.807, 2.05) is 25.1 Å². The summed E-state index contributed by atoms with van der Waals surface area (Å²) in [5, 5.41) is 13.9. The van der Waals surface area contributed by atoms with Crippen LogP contribution in [0.3, 0.4) is 0 Å². The van der Waals surface area contributed by atoms with E-state index in [0.29, 0.717) is 17.0 Å². The summed E-state index contributed by atoms with van der Waals surface area (Å²) in [6.45, 7) is 2.00. The van der Waals surface area contributed by atoms with Crippen LogP contribution in [-0.2, 0) is 4.79 Å². The van der Waals surface area contributed by atoms with Crippen LogP contribution in [0.15, 0.2) is 52.1 Å². The SMILES string of the molecule is C[C@H](NC(=O)CSc1nnc(C2CC2)o1)c1cccc2ccccc12. The van der Waals surface area contributed by atoms with Crippen LogP contribution in [0, 0.1) is 0 Å². The van der Waals surface area contributed by atoms with Crippen molar-refractivity contribution in [2.45, 2.75) is 36.9 Å². The lowest BCUT2D eigenvalue weighted by Crippen LogP contribution is -2.28. The molecule has 1 atom stereocenters. The second kappa shape index (κ2) is 6.88. The van der Waals surface area contributed by atoms with Gasteiger partial charge in [0.05, 0.1) is 11.8 Å². The number of rotatable bonds is 6. The summed E-state index contributed by atoms with van der Waals surface area (Å²) in [6, 6.07) is 14.3. The number of fused-ring (bicyclic) bond motifs is 1. The Bertz CT molecular complexity index is 899. The predicted molar refractivity (Wildman–Crippen MR) is 97.5 cm³/mol. The first-order valence-corrected chi connectivity index (χ1v) is 9.42. The largest absolute Gasteiger partial charge is 0.416 e. The third-order valence-electron chi connectivity index (χ3n) is 4.34. The Kier molecular flexibility index (Phi) is 4.44. The fraction of sp³-hybridized carbons (Fsp3) is 0.316. The van der Waals surface area contributed by atoms with E-state index in [4.69, 9.17) is 4.42 Å². The number of carbonyl (C=O) groups excluding carboxylic acids is 1. The molecule has 2 aromatic carbocycles. The quantitative estimate of drug-likeness (QED) is 0.677. The summed E-state index contributed by atoms with van der Waals surface area (Å²) in [5.41, 5.74) is 1.12. The van der Waals surface area contributed by atoms with Gasteiger partial charge in [0.15, 0.2) is 0 Å². The highest BCUT2D eigenvalue weighted by molar-refractivity contribution is 7.99. The molecule has 5 nitrogen and oxygen atoms in total. The molecular formula is C19H19N3O2S. The van der Waals surface area contributed by atoms with Crippen molar-refractivity contribution in [3.8, 4) is 0 Å². The molecule has 0 spiro atoms. The minimum absolute atomic E-state index is 0.0448. The molecule has 1 amide bonds. The van der Waals surface area contributed by atoms with Crippen LogP contribution in [0.25, 0.3) is 10.8 Å². The van der Waals surface area contributed by atoms with E-state index in [0.717, 1.165) is 23.8 Å². The normalized spacial score (nSPS) is 15.2. The van der Waals surface area contributed by atoms with Crippen LogP contribution in [0.5, 0.6) is 0 Å². The number of nitrogens with zero attached hydrogens (tertiary/aromatic N) is 2. The minimum Gasteiger partial charge on any atom is -0.416 e. The summed E-state index contributed by atoms with van der Waals surface area (Å²) in [7, 11) is 0. The monoisotopic (exact) mass is 353 g/mol. The number of hydrogen-bond acceptors (Lipinski definition) is 5. The summed E-state index contributed by atoms with van der Waals surface area (Å²) < 4.78 is 5.57. The standard InChI is InChI=1S/C19H19N3O2S/c1-12(15-8-4-6-13-5-2-3-7-16(13)15)20-17(23)11-25-19-22-21-18(24-19)14-9-10-14/h2-8,12,14H,9-11H2,1H3,(H,20,23)/t12-/m0/s1. The first-order valence-electron chi connectivity index (χ1n) is 8.44. The molecule has 1 fully saturated rings. The van der Waals surface area contributed by atoms with Crippen molar-refractivity contribution in [1.29, 1.82) is 0 Å². The maximum atomic E-state index is 12.3. The van der Waals surface area contributed by atoms with Gasteiger partial charge in [0.25, 0.3) is 5.22 Å². The highest BCUT2D eigenvalue weighted by Crippen LogP contribution is 2.39. The molecule has 6 heteroatoms. The molecular weight excluding hydrogens is 334 g/mol. The van der Waals surface area contributed by atoms with Crippen molar-refractivity contribution >= 4 is 28.4 Å². The molecule has 1 aliphatic rings. The Morgan fingerprint density at radius 3 is 2.88 bits per heavy atom. The molecule has 1 N–H and O–H groups in total. The Labute approximate surface area is 150 Å². The Hall–Kier alpha value is -2.34. The maximum absolute atomic E-state index is 12.3. The highest BCUT2D eigenvalue weighted by Gasteiger charge is 2.29. The molecule has 0 unspecified atom stereocenters. The lowest BCUT2D eigenvalue weighted by atomic mass is 10.00. The van der Waals surface area contributed by atoms with E-state index in [1.165, 1.54) is 17.1 Å². The molecule has 0 aliphatic heterocycles. The predicted octanol–water partition coefficient (Wildman–Crippen LogP) is 4.07. The molecule has 0 radical (unpaired) electrons. The summed E-state index contributed by atoms with van der Waals surface area (Å²) in [4.78, 5) is 12.3. The molecule has 0 bridgehead atoms. The van der Waals surface area contributed by atoms with Gasteiger partial charge in [-0.1, -0.05) is 54.2 Å². The minimum atomic E-state index is -0.0658. The average molecular weight is 353 g/mol. The second-order valence-corrected chi connectivity index (χ2v) is 7.25. The van der Waals surface area contributed by atoms with Gasteiger partial charge in [0.1, 0.15) is 0 Å². The van der Waals surface area contributed by atoms with Crippen molar-refractivity contribution in [3.63, 3.8) is 0 Å². The molecule has 1 saturated carbocycles. The van der Waals surface area contributed by atoms with Gasteiger partial charge >= 0.3 is 0 Å². The van der Waals surface area contributed by atoms with E-state index >= 15 is 0 Å². The number of thioether (sulfide) groups is 1. The lowest BCUT2D eigenvalue weighted by Gasteiger charge is -2.16. The van der Waals surface area contributed by atoms with E-state index in [2.05, 4.69) is 39.8 Å². The van der Waals surface area contributed by atoms with E-state index < -0.39 is 0 Å². The molecule has 1 heterocycles. The number of aromatic nitrogens is 2. The van der Waals surface area contributed by atoms with Crippen LogP contribution in [0.4, 0.5) is 0 Å². The van der Waals surface area contributed by atoms with Gasteiger partial charge in [0, 0.05) is 5.92 Å². The molecule has 1 aliphatic carbocycles. The van der Waals surface area contributed by atoms with E-state index in [-0.39, 0.29) is 17.7 Å². The number of hydrogen-bond donors (Lipinski definition) is 1. The van der Waals surface area contributed by atoms with E-state index in [1.54, 1.807) is 0 Å². The van der Waals surface area contributed by atoms with Crippen LogP contribution in [0.1, 0.15) is 43.2 Å². The third kappa shape index (κ3) is 3.69. The molecule has 4 rings (SSSR count). The zero-order valence-electron chi connectivity index (χ0n) is 13.9. The third-order valence-corrected chi connectivity index (χ3v) is 5.16. The van der Waals surface area contributed by atoms with Crippen molar-refractivity contribution in [1.82, 2.24) is 15.5 Å². The smallest absolute Gasteiger partial charge is 0.277 e. The lowest BCUT2D eigenvalue weighted by molar-refractivity contribution is -0.119. The van der Waals surface area contributed by atoms with Gasteiger partial charge < -0.3 is 9.73 Å². The molecule has 128 valence electrons. The number of benzene rings is 2. The Morgan fingerprint density at radius 2 is 2.04 bits per heavy atom. The highest BCUT2D eigenvalue weighted by atomic mass is 32.2. The zero-order chi connectivity index (χ0) is 17.2. The average Bonchev–Trinajstić information content (AvgIpc) is 3.37. The number of nitrogens with one attached hydrogen (secondary N) is 1. The van der Waals surface area contributed by atoms with Crippen LogP contribution in [-0.4, -0.2) is 21.9 Å². The molecule has 25 heavy (non-hydrogen) atoms. The van der Waals surface area contributed by atoms with Crippen molar-refractivity contribution in [3.05, 3.63) is 53.9 Å². The van der Waals surface area contributed by atoms with Crippen molar-refractivity contribution in [2.24, 2.45) is 0 Å². The fourth-order valence-electron chi connectivity index (χ4n) is 2.89. The Morgan fingerprint density at radius 1 is 1.24 bits per heavy atom. The Balaban J connectivity index is 1.37. The molecule has 1 aromatic heterocycles. The second-order valence-electron chi connectivity index (χ2n) is 6.33. The van der Waals surface area contributed by atoms with Gasteiger partial charge in [-0.3, -0.25) is 4.79 Å². The first-order chi connectivity index (χ1) is 12.2. The first kappa shape index (κ1) is 16.1. The van der Waals surface area contributed by atoms with Gasteiger partial charge in [-0.2, -0.15) is 0 Å². The summed E-state index contributed by atoms with van der Waals surface area (Å²) in [6.07, 6.45) is 2.24. The summed E-state index contributed by atoms with van der Waals surface area (Å²) >= 11 is 1.28.